The van der Waals surface area contributed by atoms with Crippen LogP contribution in [-0.2, 0) is 109 Å². The molecule has 0 aromatic carbocycles. The van der Waals surface area contributed by atoms with E-state index < -0.39 is 448 Å². The van der Waals surface area contributed by atoms with E-state index in [4.69, 9.17) is 109 Å². The summed E-state index contributed by atoms with van der Waals surface area (Å²) in [5.74, 6) is 0. The summed E-state index contributed by atoms with van der Waals surface area (Å²) in [6.45, 7) is -13.6. The Morgan fingerprint density at radius 2 is 0.218 bits per heavy atom. The summed E-state index contributed by atoms with van der Waals surface area (Å²) in [4.78, 5) is 0. The summed E-state index contributed by atoms with van der Waals surface area (Å²) in [7, 11) is 0. The predicted octanol–water partition coefficient (Wildman–Crippen LogP) is -27.2. The van der Waals surface area contributed by atoms with Crippen molar-refractivity contribution in [2.24, 2.45) is 0 Å². The van der Waals surface area contributed by atoms with Gasteiger partial charge in [-0.15, -0.1) is 0 Å². The van der Waals surface area contributed by atoms with Crippen molar-refractivity contribution in [2.45, 2.75) is 368 Å². The maximum absolute atomic E-state index is 12.1. The fraction of sp³-hybridized carbons (Fsp3) is 1.00. The average Bonchev–Trinajstić information content (AvgIpc) is 0.772. The monoisotopic (exact) mass is 1960 g/mol. The summed E-state index contributed by atoms with van der Waals surface area (Å²) >= 11 is 0. The number of hydrogen-bond acceptors (Lipinski definition) is 61. The number of aliphatic hydroxyl groups is 38. The summed E-state index contributed by atoms with van der Waals surface area (Å²) in [5.41, 5.74) is 0. The van der Waals surface area contributed by atoms with Crippen molar-refractivity contribution < 1.29 is 303 Å². The molecule has 12 saturated heterocycles. The standard InChI is InChI=1S/C72H122O61/c73-1-13-25(85)37(97)38(98)62(112-13)124-51-27(87)15(3-75)114-64(40(51)100)126-53-29(89)17(5-77)116-66(42(53)102)128-55-31(91)19(7-79)118-68(44(55)104)130-57-33(93)21(9-81)120-70(46(57)106)132-59-35(95)23(11-83)122-72(48(59)108)133-60-36(96)24(12-84)121-71(49(60)109)131-58-34(94)22(10-82)119-69(47(58)107)129-56-32(92)20(8-80)117-67(45(56)105)127-54-30(90)18(6-78)115-65(43(54)103)125-52-28(88)16(4-76)113-63(41(52)101)123-50-26(86)14(2-74)111-61(110)39(50)99/h13-110H,1-12H2/t13-,14-,15-,16-,17-,18-,19-,20-,21-,22-,23-,24-,25-,26-,27-,28-,29-,30-,31-,32-,33-,34-,35-,36-,37+,38-,39-,40-,41-,42-,43-,44-,45-,46-,47-,48-,49-,50+,51+,52+,53+,54+,55+,56+,57+,58+,59+,60+,61?,62-,63-,64-,65-,66-,67-,68-,69-,70-,71-,72-/m1/s1. The van der Waals surface area contributed by atoms with Crippen LogP contribution in [-0.4, -0.2) is 642 Å². The van der Waals surface area contributed by atoms with Crippen LogP contribution in [0, 0.1) is 0 Å². The Morgan fingerprint density at radius 3 is 0.346 bits per heavy atom. The lowest BCUT2D eigenvalue weighted by Gasteiger charge is -2.50. The molecule has 12 aliphatic rings. The molecule has 0 aromatic heterocycles. The van der Waals surface area contributed by atoms with Crippen LogP contribution < -0.4 is 0 Å². The van der Waals surface area contributed by atoms with E-state index in [0.717, 1.165) is 0 Å². The van der Waals surface area contributed by atoms with Crippen molar-refractivity contribution in [3.63, 3.8) is 0 Å². The first-order valence-electron chi connectivity index (χ1n) is 42.2. The van der Waals surface area contributed by atoms with Gasteiger partial charge in [0, 0.05) is 0 Å². The van der Waals surface area contributed by atoms with Gasteiger partial charge in [-0.1, -0.05) is 0 Å². The smallest absolute Gasteiger partial charge is 0.187 e. The van der Waals surface area contributed by atoms with Gasteiger partial charge >= 0.3 is 0 Å². The Kier molecular flexibility index (Phi) is 39.0. The van der Waals surface area contributed by atoms with Crippen molar-refractivity contribution in [1.29, 1.82) is 0 Å². The van der Waals surface area contributed by atoms with E-state index in [1.165, 1.54) is 0 Å². The first-order chi connectivity index (χ1) is 63.2. The molecule has 61 heteroatoms. The first-order valence-corrected chi connectivity index (χ1v) is 42.2. The highest BCUT2D eigenvalue weighted by Gasteiger charge is 2.64. The molecule has 0 aromatic rings. The zero-order valence-corrected chi connectivity index (χ0v) is 69.5. The van der Waals surface area contributed by atoms with Gasteiger partial charge in [0.25, 0.3) is 0 Å². The van der Waals surface area contributed by atoms with Crippen LogP contribution in [0.15, 0.2) is 0 Å². The summed E-state index contributed by atoms with van der Waals surface area (Å²) < 4.78 is 130. The van der Waals surface area contributed by atoms with Crippen LogP contribution >= 0.6 is 0 Å². The second kappa shape index (κ2) is 47.4. The van der Waals surface area contributed by atoms with E-state index in [1.807, 2.05) is 0 Å². The van der Waals surface area contributed by atoms with E-state index in [0.29, 0.717) is 0 Å². The van der Waals surface area contributed by atoms with Crippen molar-refractivity contribution >= 4 is 0 Å². The van der Waals surface area contributed by atoms with Crippen molar-refractivity contribution in [2.75, 3.05) is 79.3 Å². The Morgan fingerprint density at radius 1 is 0.113 bits per heavy atom. The molecule has 0 radical (unpaired) electrons. The molecule has 0 spiro atoms. The largest absolute Gasteiger partial charge is 0.394 e. The number of hydrogen-bond donors (Lipinski definition) is 38. The fourth-order valence-electron chi connectivity index (χ4n) is 17.4. The molecule has 60 atom stereocenters. The van der Waals surface area contributed by atoms with Gasteiger partial charge in [-0.05, 0) is 0 Å². The van der Waals surface area contributed by atoms with Crippen LogP contribution in [0.3, 0.4) is 0 Å². The van der Waals surface area contributed by atoms with Gasteiger partial charge in [0.2, 0.25) is 0 Å². The van der Waals surface area contributed by atoms with Gasteiger partial charge in [0.05, 0.1) is 79.3 Å². The minimum atomic E-state index is -2.52. The maximum Gasteiger partial charge on any atom is 0.187 e. The number of aliphatic hydroxyl groups excluding tert-OH is 38. The summed E-state index contributed by atoms with van der Waals surface area (Å²) in [5, 5.41) is 420. The molecule has 1 unspecified atom stereocenters. The molecule has 12 aliphatic heterocycles. The third-order valence-electron chi connectivity index (χ3n) is 25.1. The predicted molar refractivity (Wildman–Crippen MR) is 395 cm³/mol. The Hall–Kier alpha value is -2.44. The topological polar surface area (TPSA) is 981 Å². The highest BCUT2D eigenvalue weighted by Crippen LogP contribution is 2.43. The summed E-state index contributed by atoms with van der Waals surface area (Å²) in [6.07, 6.45) is -130. The summed E-state index contributed by atoms with van der Waals surface area (Å²) in [6, 6.07) is 0. The highest BCUT2D eigenvalue weighted by molar-refractivity contribution is 5.05. The maximum atomic E-state index is 12.1. The van der Waals surface area contributed by atoms with E-state index >= 15 is 0 Å². The molecule has 0 bridgehead atoms. The molecule has 12 heterocycles. The lowest BCUT2D eigenvalue weighted by Crippen LogP contribution is -2.69. The molecule has 12 fully saturated rings. The van der Waals surface area contributed by atoms with Crippen LogP contribution in [0.25, 0.3) is 0 Å². The van der Waals surface area contributed by atoms with Crippen molar-refractivity contribution in [1.82, 2.24) is 0 Å². The zero-order chi connectivity index (χ0) is 97.4. The van der Waals surface area contributed by atoms with E-state index in [1.54, 1.807) is 0 Å². The van der Waals surface area contributed by atoms with E-state index in [2.05, 4.69) is 0 Å². The second-order valence-electron chi connectivity index (χ2n) is 33.6. The Balaban J connectivity index is 0.703. The van der Waals surface area contributed by atoms with Crippen molar-refractivity contribution in [3.8, 4) is 0 Å². The fourth-order valence-corrected chi connectivity index (χ4v) is 17.4. The van der Waals surface area contributed by atoms with Gasteiger partial charge < -0.3 is 303 Å². The van der Waals surface area contributed by atoms with Crippen LogP contribution in [0.2, 0.25) is 0 Å². The molecule has 0 aliphatic carbocycles. The third kappa shape index (κ3) is 22.6. The molecular weight excluding hydrogens is 1840 g/mol. The van der Waals surface area contributed by atoms with E-state index in [9.17, 15) is 194 Å². The zero-order valence-electron chi connectivity index (χ0n) is 69.5. The first kappa shape index (κ1) is 109. The van der Waals surface area contributed by atoms with Gasteiger partial charge in [0.1, 0.15) is 293 Å². The number of ether oxygens (including phenoxy) is 23. The molecule has 133 heavy (non-hydrogen) atoms. The minimum absolute atomic E-state index is 0.931. The molecule has 0 amide bonds. The average molecular weight is 1960 g/mol. The third-order valence-corrected chi connectivity index (χ3v) is 25.1. The van der Waals surface area contributed by atoms with Crippen LogP contribution in [0.4, 0.5) is 0 Å². The SMILES string of the molecule is OC[C@H]1O[C@H](O[C@@H]2[C@@H](O)[C@@H](O[C@@H]3[C@@H](O)[C@@H](O[C@@H]4[C@@H](O)[C@@H](O[C@@H]5[C@@H](O)[C@@H](O[C@@H]6[C@@H](O)[C@@H](O[C@@H]7[C@@H](O)[C@@H](O[C@@H]8[C@@H](O)[C@@H](O[C@@H]9[C@@H](O)[C@@H](O[C@@H]%10[C@@H](O)[C@@H](O[C@@H]%11[C@@H](O)[C@@H](O[C@H]%12[C@H](O)[C@@H](CO)OC(O)[C@@H]%12O)O[C@H](CO)[C@H]%11O)O[C@H](CO)[C@H]%10O)O[C@H](CO)[C@H]9O)O[C@H](CO)[C@H]8O)O[C@H](CO)[C@H]7O)O[C@H](CO)[C@H]6O)O[C@H](CO)[C@H]5O)O[C@H](CO)[C@H]4O)O[C@H](CO)[C@H]3O)O[C@H](CO)[C@H]2O)[C@H](O)[C@@H](O)[C@@H]1O. The molecule has 12 rings (SSSR count). The molecule has 0 saturated carbocycles. The van der Waals surface area contributed by atoms with E-state index in [-0.39, 0.29) is 0 Å². The minimum Gasteiger partial charge on any atom is -0.394 e. The van der Waals surface area contributed by atoms with Gasteiger partial charge in [-0.3, -0.25) is 0 Å². The highest BCUT2D eigenvalue weighted by atomic mass is 16.8. The van der Waals surface area contributed by atoms with Crippen LogP contribution in [0.5, 0.6) is 0 Å². The quantitative estimate of drug-likeness (QED) is 0.0284. The lowest BCUT2D eigenvalue weighted by molar-refractivity contribution is -0.404. The van der Waals surface area contributed by atoms with Gasteiger partial charge in [0.15, 0.2) is 75.5 Å². The second-order valence-corrected chi connectivity index (χ2v) is 33.6. The molecule has 776 valence electrons. The Bertz CT molecular complexity index is 3380. The number of rotatable bonds is 34. The van der Waals surface area contributed by atoms with Crippen molar-refractivity contribution in [3.05, 3.63) is 0 Å². The van der Waals surface area contributed by atoms with Crippen LogP contribution in [0.1, 0.15) is 0 Å². The molecule has 61 nitrogen and oxygen atoms in total. The van der Waals surface area contributed by atoms with Gasteiger partial charge in [-0.25, -0.2) is 0 Å². The lowest BCUT2D eigenvalue weighted by atomic mass is 9.94. The Labute approximate surface area is 748 Å². The van der Waals surface area contributed by atoms with Gasteiger partial charge in [-0.2, -0.15) is 0 Å². The normalized spacial score (nSPS) is 53.8. The molecular formula is C72H122O61. The molecule has 38 N–H and O–H groups in total.